The van der Waals surface area contributed by atoms with E-state index in [2.05, 4.69) is 11.0 Å². The highest BCUT2D eigenvalue weighted by atomic mass is 16.5. The number of methoxy groups -OCH3 is 1. The third kappa shape index (κ3) is 4.39. The Morgan fingerprint density at radius 3 is 2.57 bits per heavy atom. The molecule has 112 valence electrons. The molecule has 0 atom stereocenters. The van der Waals surface area contributed by atoms with Crippen LogP contribution in [0.25, 0.3) is 0 Å². The molecule has 0 aliphatic heterocycles. The van der Waals surface area contributed by atoms with Crippen LogP contribution in [-0.2, 0) is 6.54 Å². The van der Waals surface area contributed by atoms with Gasteiger partial charge in [-0.2, -0.15) is 0 Å². The summed E-state index contributed by atoms with van der Waals surface area (Å²) in [5.74, 6) is 1.13. The monoisotopic (exact) mass is 286 g/mol. The second kappa shape index (κ2) is 7.55. The average Bonchev–Trinajstić information content (AvgIpc) is 2.53. The number of anilines is 1. The molecule has 0 fully saturated rings. The van der Waals surface area contributed by atoms with Crippen LogP contribution in [0.5, 0.6) is 11.5 Å². The van der Waals surface area contributed by atoms with Gasteiger partial charge in [0.05, 0.1) is 7.11 Å². The van der Waals surface area contributed by atoms with Gasteiger partial charge in [0, 0.05) is 24.8 Å². The summed E-state index contributed by atoms with van der Waals surface area (Å²) < 4.78 is 5.29. The highest BCUT2D eigenvalue weighted by Crippen LogP contribution is 2.23. The zero-order valence-corrected chi connectivity index (χ0v) is 12.3. The fourth-order valence-electron chi connectivity index (χ4n) is 2.21. The lowest BCUT2D eigenvalue weighted by Gasteiger charge is -2.25. The predicted molar refractivity (Wildman–Crippen MR) is 85.8 cm³/mol. The summed E-state index contributed by atoms with van der Waals surface area (Å²) in [6, 6.07) is 15.3. The maximum absolute atomic E-state index is 9.37. The quantitative estimate of drug-likeness (QED) is 0.821. The molecule has 0 heterocycles. The van der Waals surface area contributed by atoms with E-state index >= 15 is 0 Å². The van der Waals surface area contributed by atoms with Gasteiger partial charge in [-0.15, -0.1) is 0 Å². The van der Waals surface area contributed by atoms with E-state index < -0.39 is 0 Å². The number of ether oxygens (including phenoxy) is 1. The molecule has 0 aliphatic carbocycles. The molecular weight excluding hydrogens is 264 g/mol. The Bertz CT molecular complexity index is 555. The zero-order valence-electron chi connectivity index (χ0n) is 12.3. The third-order valence-corrected chi connectivity index (χ3v) is 3.36. The third-order valence-electron chi connectivity index (χ3n) is 3.36. The molecule has 4 heteroatoms. The van der Waals surface area contributed by atoms with Crippen molar-refractivity contribution in [2.45, 2.75) is 13.0 Å². The summed E-state index contributed by atoms with van der Waals surface area (Å²) >= 11 is 0. The number of phenols is 1. The number of hydrogen-bond acceptors (Lipinski definition) is 4. The van der Waals surface area contributed by atoms with Crippen molar-refractivity contribution in [3.05, 3.63) is 54.1 Å². The highest BCUT2D eigenvalue weighted by molar-refractivity contribution is 5.51. The minimum Gasteiger partial charge on any atom is -0.508 e. The number of rotatable bonds is 7. The minimum atomic E-state index is 0.286. The predicted octanol–water partition coefficient (Wildman–Crippen LogP) is 2.76. The molecule has 0 aliphatic rings. The lowest BCUT2D eigenvalue weighted by molar-refractivity contribution is 0.414. The largest absolute Gasteiger partial charge is 0.508 e. The maximum Gasteiger partial charge on any atom is 0.120 e. The van der Waals surface area contributed by atoms with Crippen molar-refractivity contribution >= 4 is 5.69 Å². The molecular formula is C17H22N2O2. The molecule has 0 unspecified atom stereocenters. The summed E-state index contributed by atoms with van der Waals surface area (Å²) in [5, 5.41) is 9.37. The van der Waals surface area contributed by atoms with E-state index in [9.17, 15) is 5.11 Å². The van der Waals surface area contributed by atoms with Crippen LogP contribution in [-0.4, -0.2) is 25.3 Å². The lowest BCUT2D eigenvalue weighted by Crippen LogP contribution is -2.25. The fraction of sp³-hybridized carbons (Fsp3) is 0.294. The molecule has 0 amide bonds. The van der Waals surface area contributed by atoms with E-state index in [0.717, 1.165) is 36.5 Å². The van der Waals surface area contributed by atoms with Crippen molar-refractivity contribution in [3.8, 4) is 11.5 Å². The Morgan fingerprint density at radius 2 is 1.90 bits per heavy atom. The molecule has 0 bridgehead atoms. The first-order chi connectivity index (χ1) is 10.2. The van der Waals surface area contributed by atoms with Gasteiger partial charge in [-0.1, -0.05) is 18.2 Å². The van der Waals surface area contributed by atoms with E-state index in [1.807, 2.05) is 30.3 Å². The van der Waals surface area contributed by atoms with Crippen molar-refractivity contribution in [2.75, 3.05) is 25.1 Å². The molecule has 0 radical (unpaired) electrons. The van der Waals surface area contributed by atoms with E-state index in [1.165, 1.54) is 0 Å². The van der Waals surface area contributed by atoms with Crippen LogP contribution < -0.4 is 15.4 Å². The smallest absolute Gasteiger partial charge is 0.120 e. The number of nitrogens with zero attached hydrogens (tertiary/aromatic N) is 1. The number of phenolic OH excluding ortho intramolecular Hbond substituents is 1. The van der Waals surface area contributed by atoms with Gasteiger partial charge < -0.3 is 20.5 Å². The first-order valence-electron chi connectivity index (χ1n) is 7.10. The first kappa shape index (κ1) is 15.2. The van der Waals surface area contributed by atoms with Gasteiger partial charge in [0.1, 0.15) is 11.5 Å². The summed E-state index contributed by atoms with van der Waals surface area (Å²) in [7, 11) is 1.67. The normalized spacial score (nSPS) is 10.4. The summed E-state index contributed by atoms with van der Waals surface area (Å²) in [4.78, 5) is 2.27. The van der Waals surface area contributed by atoms with Crippen LogP contribution in [0.1, 0.15) is 12.0 Å². The van der Waals surface area contributed by atoms with Gasteiger partial charge in [0.2, 0.25) is 0 Å². The lowest BCUT2D eigenvalue weighted by atomic mass is 10.1. The number of hydrogen-bond donors (Lipinski definition) is 2. The van der Waals surface area contributed by atoms with Crippen LogP contribution in [0.2, 0.25) is 0 Å². The second-order valence-corrected chi connectivity index (χ2v) is 4.93. The molecule has 0 spiro atoms. The Kier molecular flexibility index (Phi) is 5.46. The standard InChI is InChI=1S/C17H22N2O2/c1-21-17-5-2-4-15(12-17)19(11-3-10-18)13-14-6-8-16(20)9-7-14/h2,4-9,12,20H,3,10-11,13,18H2,1H3. The van der Waals surface area contributed by atoms with E-state index in [-0.39, 0.29) is 5.75 Å². The van der Waals surface area contributed by atoms with Crippen LogP contribution in [0.15, 0.2) is 48.5 Å². The number of benzene rings is 2. The van der Waals surface area contributed by atoms with Gasteiger partial charge in [-0.3, -0.25) is 0 Å². The molecule has 0 saturated carbocycles. The van der Waals surface area contributed by atoms with Gasteiger partial charge in [-0.25, -0.2) is 0 Å². The van der Waals surface area contributed by atoms with Gasteiger partial charge >= 0.3 is 0 Å². The van der Waals surface area contributed by atoms with Gasteiger partial charge in [0.15, 0.2) is 0 Å². The van der Waals surface area contributed by atoms with E-state index in [1.54, 1.807) is 19.2 Å². The molecule has 3 N–H and O–H groups in total. The zero-order chi connectivity index (χ0) is 15.1. The highest BCUT2D eigenvalue weighted by Gasteiger charge is 2.08. The molecule has 4 nitrogen and oxygen atoms in total. The van der Waals surface area contributed by atoms with Crippen LogP contribution in [0.3, 0.4) is 0 Å². The van der Waals surface area contributed by atoms with Crippen molar-refractivity contribution in [3.63, 3.8) is 0 Å². The van der Waals surface area contributed by atoms with Crippen molar-refractivity contribution < 1.29 is 9.84 Å². The van der Waals surface area contributed by atoms with E-state index in [4.69, 9.17) is 10.5 Å². The molecule has 2 aromatic rings. The van der Waals surface area contributed by atoms with Gasteiger partial charge in [0.25, 0.3) is 0 Å². The fourth-order valence-corrected chi connectivity index (χ4v) is 2.21. The average molecular weight is 286 g/mol. The second-order valence-electron chi connectivity index (χ2n) is 4.93. The van der Waals surface area contributed by atoms with E-state index in [0.29, 0.717) is 6.54 Å². The minimum absolute atomic E-state index is 0.286. The van der Waals surface area contributed by atoms with Crippen LogP contribution >= 0.6 is 0 Å². The van der Waals surface area contributed by atoms with Crippen molar-refractivity contribution in [2.24, 2.45) is 5.73 Å². The Balaban J connectivity index is 2.18. The SMILES string of the molecule is COc1cccc(N(CCCN)Cc2ccc(O)cc2)c1. The summed E-state index contributed by atoms with van der Waals surface area (Å²) in [5.41, 5.74) is 7.89. The molecule has 0 aromatic heterocycles. The summed E-state index contributed by atoms with van der Waals surface area (Å²) in [6.07, 6.45) is 0.926. The Morgan fingerprint density at radius 1 is 1.14 bits per heavy atom. The number of nitrogens with two attached hydrogens (primary N) is 1. The maximum atomic E-state index is 9.37. The number of aromatic hydroxyl groups is 1. The topological polar surface area (TPSA) is 58.7 Å². The molecule has 2 rings (SSSR count). The van der Waals surface area contributed by atoms with Crippen molar-refractivity contribution in [1.29, 1.82) is 0 Å². The molecule has 2 aromatic carbocycles. The van der Waals surface area contributed by atoms with Gasteiger partial charge in [-0.05, 0) is 42.8 Å². The Labute approximate surface area is 125 Å². The Hall–Kier alpha value is -2.20. The van der Waals surface area contributed by atoms with Crippen LogP contribution in [0, 0.1) is 0 Å². The summed E-state index contributed by atoms with van der Waals surface area (Å²) in [6.45, 7) is 2.31. The van der Waals surface area contributed by atoms with Crippen LogP contribution in [0.4, 0.5) is 5.69 Å². The van der Waals surface area contributed by atoms with Crippen molar-refractivity contribution in [1.82, 2.24) is 0 Å². The molecule has 21 heavy (non-hydrogen) atoms. The first-order valence-corrected chi connectivity index (χ1v) is 7.10. The molecule has 0 saturated heterocycles.